The Balaban J connectivity index is 2.87. The summed E-state index contributed by atoms with van der Waals surface area (Å²) in [5.74, 6) is 0.392. The molecule has 118 valence electrons. The van der Waals surface area contributed by atoms with Crippen LogP contribution in [0.4, 0.5) is 0 Å². The normalized spacial score (nSPS) is 12.5. The highest BCUT2D eigenvalue weighted by molar-refractivity contribution is 5.87. The Bertz CT molecular complexity index is 552. The molecule has 0 aliphatic rings. The van der Waals surface area contributed by atoms with Gasteiger partial charge in [0.1, 0.15) is 18.5 Å². The summed E-state index contributed by atoms with van der Waals surface area (Å²) in [6, 6.07) is 5.97. The van der Waals surface area contributed by atoms with Crippen molar-refractivity contribution in [3.63, 3.8) is 0 Å². The molecule has 0 spiro atoms. The lowest BCUT2D eigenvalue weighted by atomic mass is 10.1. The Morgan fingerprint density at radius 3 is 2.23 bits per heavy atom. The average Bonchev–Trinajstić information content (AvgIpc) is 2.47. The summed E-state index contributed by atoms with van der Waals surface area (Å²) in [5.41, 5.74) is 2.38. The minimum Gasteiger partial charge on any atom is -0.488 e. The van der Waals surface area contributed by atoms with Crippen LogP contribution >= 0.6 is 0 Å². The van der Waals surface area contributed by atoms with Crippen LogP contribution in [0.1, 0.15) is 38.8 Å². The lowest BCUT2D eigenvalue weighted by Gasteiger charge is -2.17. The Kier molecular flexibility index (Phi) is 7.17. The smallest absolute Gasteiger partial charge is 0.333 e. The number of rotatable bonds is 7. The summed E-state index contributed by atoms with van der Waals surface area (Å²) in [4.78, 5) is 11.5. The van der Waals surface area contributed by atoms with Gasteiger partial charge in [0, 0.05) is 16.7 Å². The first-order valence-corrected chi connectivity index (χ1v) is 7.37. The van der Waals surface area contributed by atoms with Crippen LogP contribution in [0.25, 0.3) is 12.2 Å². The van der Waals surface area contributed by atoms with Crippen molar-refractivity contribution in [2.45, 2.75) is 33.8 Å². The largest absolute Gasteiger partial charge is 0.488 e. The van der Waals surface area contributed by atoms with Crippen LogP contribution in [-0.4, -0.2) is 18.7 Å². The predicted octanol–water partition coefficient (Wildman–Crippen LogP) is 4.64. The van der Waals surface area contributed by atoms with Crippen molar-refractivity contribution in [1.29, 1.82) is 0 Å². The van der Waals surface area contributed by atoms with Crippen molar-refractivity contribution < 1.29 is 14.3 Å². The molecule has 22 heavy (non-hydrogen) atoms. The molecule has 0 amide bonds. The molecule has 0 N–H and O–H groups in total. The van der Waals surface area contributed by atoms with Gasteiger partial charge in [-0.15, -0.1) is 0 Å². The van der Waals surface area contributed by atoms with Crippen molar-refractivity contribution in [3.05, 3.63) is 53.6 Å². The van der Waals surface area contributed by atoms with Gasteiger partial charge in [0.15, 0.2) is 0 Å². The molecule has 1 atom stereocenters. The van der Waals surface area contributed by atoms with Crippen molar-refractivity contribution in [2.24, 2.45) is 0 Å². The van der Waals surface area contributed by atoms with E-state index in [2.05, 4.69) is 6.58 Å². The lowest BCUT2D eigenvalue weighted by molar-refractivity contribution is -0.144. The van der Waals surface area contributed by atoms with Crippen LogP contribution in [0, 0.1) is 0 Å². The number of hydrogen-bond acceptors (Lipinski definition) is 3. The van der Waals surface area contributed by atoms with Gasteiger partial charge in [-0.1, -0.05) is 49.1 Å². The highest BCUT2D eigenvalue weighted by Gasteiger charge is 2.13. The zero-order valence-corrected chi connectivity index (χ0v) is 13.8. The highest BCUT2D eigenvalue weighted by atomic mass is 16.6. The van der Waals surface area contributed by atoms with Crippen molar-refractivity contribution in [1.82, 2.24) is 0 Å². The molecule has 0 aliphatic carbocycles. The Labute approximate surface area is 132 Å². The van der Waals surface area contributed by atoms with Gasteiger partial charge < -0.3 is 9.47 Å². The zero-order valence-electron chi connectivity index (χ0n) is 13.8. The predicted molar refractivity (Wildman–Crippen MR) is 91.7 cm³/mol. The van der Waals surface area contributed by atoms with Crippen LogP contribution in [0.5, 0.6) is 5.75 Å². The summed E-state index contributed by atoms with van der Waals surface area (Å²) < 4.78 is 11.1. The third-order valence-electron chi connectivity index (χ3n) is 2.89. The second-order valence-electron chi connectivity index (χ2n) is 5.07. The Hall–Kier alpha value is -2.29. The summed E-state index contributed by atoms with van der Waals surface area (Å²) in [6.07, 6.45) is 7.57. The Morgan fingerprint density at radius 1 is 1.23 bits per heavy atom. The third kappa shape index (κ3) is 5.24. The first-order chi connectivity index (χ1) is 10.5. The summed E-state index contributed by atoms with van der Waals surface area (Å²) in [5, 5.41) is 0. The van der Waals surface area contributed by atoms with E-state index >= 15 is 0 Å². The van der Waals surface area contributed by atoms with E-state index in [9.17, 15) is 4.79 Å². The first kappa shape index (κ1) is 17.8. The molecule has 0 saturated heterocycles. The van der Waals surface area contributed by atoms with E-state index in [0.717, 1.165) is 16.9 Å². The summed E-state index contributed by atoms with van der Waals surface area (Å²) in [6.45, 7) is 11.2. The fraction of sp³-hybridized carbons (Fsp3) is 0.316. The molecule has 1 aromatic rings. The van der Waals surface area contributed by atoms with Crippen LogP contribution in [0.3, 0.4) is 0 Å². The summed E-state index contributed by atoms with van der Waals surface area (Å²) >= 11 is 0. The third-order valence-corrected chi connectivity index (χ3v) is 2.89. The molecular formula is C19H24O3. The molecule has 0 fully saturated rings. The van der Waals surface area contributed by atoms with E-state index in [1.165, 1.54) is 0 Å². The zero-order chi connectivity index (χ0) is 16.5. The van der Waals surface area contributed by atoms with E-state index in [0.29, 0.717) is 5.57 Å². The molecule has 0 aromatic heterocycles. The van der Waals surface area contributed by atoms with E-state index in [4.69, 9.17) is 9.47 Å². The van der Waals surface area contributed by atoms with E-state index < -0.39 is 5.97 Å². The minimum atomic E-state index is -0.397. The number of carbonyl (C=O) groups is 1. The van der Waals surface area contributed by atoms with Gasteiger partial charge >= 0.3 is 5.97 Å². The van der Waals surface area contributed by atoms with Gasteiger partial charge in [0.25, 0.3) is 0 Å². The van der Waals surface area contributed by atoms with Gasteiger partial charge in [-0.2, -0.15) is 0 Å². The number of para-hydroxylation sites is 1. The fourth-order valence-corrected chi connectivity index (χ4v) is 1.88. The van der Waals surface area contributed by atoms with Crippen LogP contribution in [0.15, 0.2) is 42.5 Å². The highest BCUT2D eigenvalue weighted by Crippen LogP contribution is 2.27. The van der Waals surface area contributed by atoms with Gasteiger partial charge in [0.05, 0.1) is 0 Å². The monoisotopic (exact) mass is 300 g/mol. The standard InChI is InChI=1S/C19H24O3/c1-6-9-16-11-8-12-17(10-7-2)18(16)21-13-15(5)22-19(20)14(3)4/h6-12,15H,3,13H2,1-2,4-5H3. The lowest BCUT2D eigenvalue weighted by Crippen LogP contribution is -2.22. The summed E-state index contributed by atoms with van der Waals surface area (Å²) in [7, 11) is 0. The molecule has 3 nitrogen and oxygen atoms in total. The molecule has 3 heteroatoms. The molecule has 1 aromatic carbocycles. The van der Waals surface area contributed by atoms with Crippen molar-refractivity contribution >= 4 is 18.1 Å². The molecular weight excluding hydrogens is 276 g/mol. The van der Waals surface area contributed by atoms with E-state index in [-0.39, 0.29) is 12.7 Å². The average molecular weight is 300 g/mol. The SMILES string of the molecule is C=C(C)C(=O)OC(C)COc1c(C=CC)cccc1C=CC. The number of ether oxygens (including phenoxy) is 2. The molecule has 1 rings (SSSR count). The number of carbonyl (C=O) groups excluding carboxylic acids is 1. The number of benzene rings is 1. The van der Waals surface area contributed by atoms with Crippen LogP contribution < -0.4 is 4.74 Å². The van der Waals surface area contributed by atoms with Crippen molar-refractivity contribution in [2.75, 3.05) is 6.61 Å². The maximum Gasteiger partial charge on any atom is 0.333 e. The topological polar surface area (TPSA) is 35.5 Å². The first-order valence-electron chi connectivity index (χ1n) is 7.37. The Morgan fingerprint density at radius 2 is 1.77 bits per heavy atom. The minimum absolute atomic E-state index is 0.290. The van der Waals surface area contributed by atoms with Gasteiger partial charge in [-0.3, -0.25) is 0 Å². The van der Waals surface area contributed by atoms with Gasteiger partial charge in [-0.05, 0) is 27.7 Å². The number of hydrogen-bond donors (Lipinski definition) is 0. The number of allylic oxidation sites excluding steroid dienone is 2. The molecule has 0 bridgehead atoms. The van der Waals surface area contributed by atoms with Gasteiger partial charge in [-0.25, -0.2) is 4.79 Å². The molecule has 0 heterocycles. The maximum atomic E-state index is 11.5. The van der Waals surface area contributed by atoms with Gasteiger partial charge in [0.2, 0.25) is 0 Å². The van der Waals surface area contributed by atoms with Crippen molar-refractivity contribution in [3.8, 4) is 5.75 Å². The molecule has 1 unspecified atom stereocenters. The second-order valence-corrected chi connectivity index (χ2v) is 5.07. The second kappa shape index (κ2) is 8.88. The van der Waals surface area contributed by atoms with E-state index in [1.807, 2.05) is 56.4 Å². The fourth-order valence-electron chi connectivity index (χ4n) is 1.88. The maximum absolute atomic E-state index is 11.5. The molecule has 0 aliphatic heterocycles. The molecule has 0 saturated carbocycles. The number of esters is 1. The molecule has 0 radical (unpaired) electrons. The van der Waals surface area contributed by atoms with Crippen LogP contribution in [-0.2, 0) is 9.53 Å². The van der Waals surface area contributed by atoms with E-state index in [1.54, 1.807) is 13.8 Å². The van der Waals surface area contributed by atoms with Crippen LogP contribution in [0.2, 0.25) is 0 Å². The quantitative estimate of drug-likeness (QED) is 0.543.